The van der Waals surface area contributed by atoms with E-state index in [0.29, 0.717) is 0 Å². The van der Waals surface area contributed by atoms with Gasteiger partial charge in [-0.05, 0) is 0 Å². The fraction of sp³-hybridized carbons (Fsp3) is 0.333. The second kappa shape index (κ2) is 4.36. The van der Waals surface area contributed by atoms with E-state index >= 15 is 0 Å². The van der Waals surface area contributed by atoms with Gasteiger partial charge in [-0.2, -0.15) is 0 Å². The molecule has 0 aromatic rings. The van der Waals surface area contributed by atoms with Crippen LogP contribution in [-0.4, -0.2) is 0 Å². The van der Waals surface area contributed by atoms with Crippen molar-refractivity contribution in [3.8, 4) is 0 Å². The van der Waals surface area contributed by atoms with E-state index in [2.05, 4.69) is 43.4 Å². The third kappa shape index (κ3) is 2.01. The van der Waals surface area contributed by atoms with Crippen LogP contribution >= 0.6 is 0 Å². The zero-order valence-corrected chi connectivity index (χ0v) is 11.7. The summed E-state index contributed by atoms with van der Waals surface area (Å²) in [6, 6.07) is 0. The molecule has 0 aromatic heterocycles. The third-order valence-electron chi connectivity index (χ3n) is 2.67. The van der Waals surface area contributed by atoms with Gasteiger partial charge >= 0.3 is 88.5 Å². The van der Waals surface area contributed by atoms with Gasteiger partial charge in [-0.15, -0.1) is 0 Å². The van der Waals surface area contributed by atoms with Crippen LogP contribution in [0, 0.1) is 0 Å². The Morgan fingerprint density at radius 1 is 1.08 bits per heavy atom. The fourth-order valence-electron chi connectivity index (χ4n) is 2.00. The zero-order chi connectivity index (χ0) is 9.10. The first-order valence-corrected chi connectivity index (χ1v) is 11.1. The van der Waals surface area contributed by atoms with E-state index < -0.39 is 21.4 Å². The molecule has 0 fully saturated rings. The molecular weight excluding hydrogens is 323 g/mol. The van der Waals surface area contributed by atoms with Crippen molar-refractivity contribution in [3.05, 3.63) is 43.1 Å². The summed E-state index contributed by atoms with van der Waals surface area (Å²) in [5, 5.41) is 0. The van der Waals surface area contributed by atoms with Gasteiger partial charge in [0, 0.05) is 0 Å². The Kier molecular flexibility index (Phi) is 3.15. The Morgan fingerprint density at radius 3 is 1.92 bits per heavy atom. The molecular formula is C12H15Hf. The van der Waals surface area contributed by atoms with E-state index in [9.17, 15) is 0 Å². The summed E-state index contributed by atoms with van der Waals surface area (Å²) < 4.78 is 5.07. The SMILES string of the molecule is C[CH2][Hf]([C]1=CC=CC1)[C]1=CC=CC1. The van der Waals surface area contributed by atoms with Gasteiger partial charge in [0.2, 0.25) is 0 Å². The first kappa shape index (κ1) is 9.39. The van der Waals surface area contributed by atoms with E-state index in [1.807, 2.05) is 6.66 Å². The molecule has 0 bridgehead atoms. The molecule has 2 aliphatic rings. The Balaban J connectivity index is 2.09. The second-order valence-electron chi connectivity index (χ2n) is 3.48. The zero-order valence-electron chi connectivity index (χ0n) is 8.09. The summed E-state index contributed by atoms with van der Waals surface area (Å²) in [5.41, 5.74) is 0. The van der Waals surface area contributed by atoms with Crippen LogP contribution in [0.25, 0.3) is 0 Å². The monoisotopic (exact) mass is 339 g/mol. The topological polar surface area (TPSA) is 0 Å². The predicted octanol–water partition coefficient (Wildman–Crippen LogP) is 3.73. The second-order valence-corrected chi connectivity index (χ2v) is 14.1. The third-order valence-corrected chi connectivity index (χ3v) is 13.4. The molecule has 13 heavy (non-hydrogen) atoms. The predicted molar refractivity (Wildman–Crippen MR) is 54.2 cm³/mol. The molecule has 0 spiro atoms. The van der Waals surface area contributed by atoms with Gasteiger partial charge in [0.1, 0.15) is 0 Å². The van der Waals surface area contributed by atoms with Crippen LogP contribution in [0.1, 0.15) is 19.8 Å². The van der Waals surface area contributed by atoms with Crippen LogP contribution in [0.2, 0.25) is 4.18 Å². The molecule has 67 valence electrons. The molecule has 0 unspecified atom stereocenters. The minimum atomic E-state index is -1.48. The molecule has 0 atom stereocenters. The van der Waals surface area contributed by atoms with E-state index in [1.165, 1.54) is 17.0 Å². The van der Waals surface area contributed by atoms with Crippen molar-refractivity contribution < 1.29 is 21.4 Å². The molecule has 2 rings (SSSR count). The van der Waals surface area contributed by atoms with Gasteiger partial charge in [-0.3, -0.25) is 0 Å². The molecule has 0 amide bonds. The van der Waals surface area contributed by atoms with Gasteiger partial charge in [0.25, 0.3) is 0 Å². The Hall–Kier alpha value is -0.170. The van der Waals surface area contributed by atoms with Crippen molar-refractivity contribution in [1.82, 2.24) is 0 Å². The molecule has 0 saturated carbocycles. The average molecular weight is 338 g/mol. The molecule has 0 heterocycles. The molecule has 0 aliphatic heterocycles. The number of hydrogen-bond donors (Lipinski definition) is 0. The van der Waals surface area contributed by atoms with Crippen molar-refractivity contribution >= 4 is 0 Å². The molecule has 1 heteroatoms. The normalized spacial score (nSPS) is 19.2. The standard InChI is InChI=1S/2C5H5.C2H5.Hf/c2*1-2-4-5-3-1;1-2;/h2*1-3H,4H2;1H2,2H3;. The summed E-state index contributed by atoms with van der Waals surface area (Å²) in [5.74, 6) is 0. The van der Waals surface area contributed by atoms with E-state index in [4.69, 9.17) is 0 Å². The summed E-state index contributed by atoms with van der Waals surface area (Å²) in [6.45, 7) is 2.38. The van der Waals surface area contributed by atoms with E-state index in [-0.39, 0.29) is 0 Å². The van der Waals surface area contributed by atoms with E-state index in [0.717, 1.165) is 0 Å². The van der Waals surface area contributed by atoms with Crippen LogP contribution in [0.5, 0.6) is 0 Å². The van der Waals surface area contributed by atoms with Crippen LogP contribution in [0.15, 0.2) is 43.1 Å². The molecule has 2 aliphatic carbocycles. The van der Waals surface area contributed by atoms with Gasteiger partial charge in [0.15, 0.2) is 0 Å². The van der Waals surface area contributed by atoms with Crippen molar-refractivity contribution in [2.45, 2.75) is 23.9 Å². The molecule has 0 aromatic carbocycles. The Bertz CT molecular complexity index is 275. The quantitative estimate of drug-likeness (QED) is 0.688. The molecule has 0 radical (unpaired) electrons. The van der Waals surface area contributed by atoms with Gasteiger partial charge in [-0.1, -0.05) is 0 Å². The number of hydrogen-bond acceptors (Lipinski definition) is 0. The molecule has 0 N–H and O–H groups in total. The summed E-state index contributed by atoms with van der Waals surface area (Å²) in [7, 11) is 0. The summed E-state index contributed by atoms with van der Waals surface area (Å²) in [6.07, 6.45) is 16.4. The van der Waals surface area contributed by atoms with Gasteiger partial charge in [-0.25, -0.2) is 0 Å². The van der Waals surface area contributed by atoms with E-state index in [1.54, 1.807) is 0 Å². The van der Waals surface area contributed by atoms with Crippen LogP contribution in [0.3, 0.4) is 0 Å². The van der Waals surface area contributed by atoms with Crippen molar-refractivity contribution in [2.75, 3.05) is 0 Å². The van der Waals surface area contributed by atoms with Gasteiger partial charge in [0.05, 0.1) is 0 Å². The average Bonchev–Trinajstić information content (AvgIpc) is 2.76. The maximum atomic E-state index is 2.38. The fourth-order valence-corrected chi connectivity index (χ4v) is 11.5. The van der Waals surface area contributed by atoms with Crippen LogP contribution in [-0.2, 0) is 21.4 Å². The van der Waals surface area contributed by atoms with Crippen molar-refractivity contribution in [3.63, 3.8) is 0 Å². The maximum absolute atomic E-state index is 2.38. The van der Waals surface area contributed by atoms with Crippen LogP contribution < -0.4 is 0 Å². The summed E-state index contributed by atoms with van der Waals surface area (Å²) in [4.78, 5) is 0. The Labute approximate surface area is 88.3 Å². The summed E-state index contributed by atoms with van der Waals surface area (Å²) >= 11 is -1.48. The number of allylic oxidation sites excluding steroid dienone is 8. The number of rotatable bonds is 3. The first-order valence-electron chi connectivity index (χ1n) is 4.99. The minimum absolute atomic E-state index is 1.26. The molecule has 0 nitrogen and oxygen atoms in total. The van der Waals surface area contributed by atoms with Crippen molar-refractivity contribution in [2.24, 2.45) is 0 Å². The molecule has 0 saturated heterocycles. The van der Waals surface area contributed by atoms with Gasteiger partial charge < -0.3 is 0 Å². The van der Waals surface area contributed by atoms with Crippen molar-refractivity contribution in [1.29, 1.82) is 0 Å². The Morgan fingerprint density at radius 2 is 1.62 bits per heavy atom. The van der Waals surface area contributed by atoms with Crippen LogP contribution in [0.4, 0.5) is 0 Å². The first-order chi connectivity index (χ1) is 6.42.